The van der Waals surface area contributed by atoms with Gasteiger partial charge in [0.15, 0.2) is 12.2 Å². The Labute approximate surface area is 588 Å². The highest BCUT2D eigenvalue weighted by atomic mass is 31.2. The van der Waals surface area contributed by atoms with Crippen LogP contribution in [-0.4, -0.2) is 96.7 Å². The summed E-state index contributed by atoms with van der Waals surface area (Å²) in [5.74, 6) is -0.465. The largest absolute Gasteiger partial charge is 0.472 e. The average molecular weight is 1410 g/mol. The van der Waals surface area contributed by atoms with Crippen LogP contribution in [0.2, 0.25) is 0 Å². The lowest BCUT2D eigenvalue weighted by atomic mass is 9.99. The molecule has 0 aliphatic rings. The number of esters is 4. The van der Waals surface area contributed by atoms with E-state index in [9.17, 15) is 43.2 Å². The normalized spacial score (nSPS) is 14.6. The summed E-state index contributed by atoms with van der Waals surface area (Å²) in [6.45, 7) is 9.67. The summed E-state index contributed by atoms with van der Waals surface area (Å²) in [7, 11) is -9.91. The van der Waals surface area contributed by atoms with Crippen LogP contribution in [-0.2, 0) is 65.4 Å². The minimum atomic E-state index is -4.96. The maximum Gasteiger partial charge on any atom is 0.472 e. The quantitative estimate of drug-likeness (QED) is 0.0222. The lowest BCUT2D eigenvalue weighted by molar-refractivity contribution is -0.161. The Morgan fingerprint density at radius 2 is 0.500 bits per heavy atom. The summed E-state index contributed by atoms with van der Waals surface area (Å²) in [5.41, 5.74) is 0. The molecule has 0 heterocycles. The number of aliphatic hydroxyl groups excluding tert-OH is 1. The molecule has 17 nitrogen and oxygen atoms in total. The fraction of sp³-hybridized carbons (Fsp3) is 0.948. The topological polar surface area (TPSA) is 237 Å². The molecule has 0 aromatic carbocycles. The van der Waals surface area contributed by atoms with E-state index < -0.39 is 97.5 Å². The van der Waals surface area contributed by atoms with Gasteiger partial charge in [-0.1, -0.05) is 350 Å². The molecular formula is C77H150O17P2. The molecule has 19 heteroatoms. The van der Waals surface area contributed by atoms with Crippen LogP contribution in [0.1, 0.15) is 401 Å². The van der Waals surface area contributed by atoms with Gasteiger partial charge in [-0.05, 0) is 37.5 Å². The minimum Gasteiger partial charge on any atom is -0.462 e. The molecule has 0 aliphatic carbocycles. The number of ether oxygens (including phenoxy) is 4. The molecule has 0 spiro atoms. The summed E-state index contributed by atoms with van der Waals surface area (Å²) in [5, 5.41) is 10.6. The summed E-state index contributed by atoms with van der Waals surface area (Å²) >= 11 is 0. The number of phosphoric acid groups is 2. The molecule has 3 N–H and O–H groups in total. The van der Waals surface area contributed by atoms with Crippen LogP contribution in [0.4, 0.5) is 0 Å². The maximum atomic E-state index is 13.1. The Morgan fingerprint density at radius 1 is 0.292 bits per heavy atom. The van der Waals surface area contributed by atoms with Crippen LogP contribution in [0.25, 0.3) is 0 Å². The van der Waals surface area contributed by atoms with Crippen LogP contribution in [0.3, 0.4) is 0 Å². The molecule has 0 aromatic rings. The van der Waals surface area contributed by atoms with Crippen molar-refractivity contribution in [3.05, 3.63) is 0 Å². The molecule has 0 saturated heterocycles. The van der Waals surface area contributed by atoms with E-state index in [1.165, 1.54) is 218 Å². The van der Waals surface area contributed by atoms with Gasteiger partial charge in [-0.15, -0.1) is 0 Å². The number of carbonyl (C=O) groups is 4. The highest BCUT2D eigenvalue weighted by Gasteiger charge is 2.30. The van der Waals surface area contributed by atoms with Gasteiger partial charge in [0.1, 0.15) is 19.3 Å². The van der Waals surface area contributed by atoms with Gasteiger partial charge < -0.3 is 33.8 Å². The van der Waals surface area contributed by atoms with Crippen molar-refractivity contribution in [1.29, 1.82) is 0 Å². The molecular weight excluding hydrogens is 1260 g/mol. The molecule has 570 valence electrons. The van der Waals surface area contributed by atoms with Gasteiger partial charge in [0.25, 0.3) is 0 Å². The standard InChI is InChI=1S/C77H150O17P2/c1-7-11-13-15-17-19-20-21-22-26-29-36-42-48-54-60-75(80)88-66-73(93-76(81)61-55-49-43-37-30-27-24-23-25-28-34-39-45-51-57-69(5)9-3)68-92-96(85,86)90-64-71(78)63-89-95(83,84)91-67-72(65-87-74(79)59-53-47-41-33-18-16-14-12-8-2)94-77(82)62-56-50-44-38-32-31-35-40-46-52-58-70(6)10-4/h69-73,78H,7-68H2,1-6H3,(H,83,84)(H,85,86)/t69?,70?,71-,72+,73+/m0/s1. The predicted octanol–water partition coefficient (Wildman–Crippen LogP) is 22.7. The van der Waals surface area contributed by atoms with Crippen LogP contribution in [0.15, 0.2) is 0 Å². The second kappa shape index (κ2) is 68.8. The first-order chi connectivity index (χ1) is 46.4. The summed E-state index contributed by atoms with van der Waals surface area (Å²) in [4.78, 5) is 72.8. The van der Waals surface area contributed by atoms with Crippen molar-refractivity contribution in [2.75, 3.05) is 39.6 Å². The Morgan fingerprint density at radius 3 is 0.740 bits per heavy atom. The second-order valence-electron chi connectivity index (χ2n) is 28.2. The van der Waals surface area contributed by atoms with Crippen LogP contribution < -0.4 is 0 Å². The molecule has 0 aromatic heterocycles. The number of phosphoric ester groups is 2. The predicted molar refractivity (Wildman–Crippen MR) is 391 cm³/mol. The first kappa shape index (κ1) is 94.1. The number of carbonyl (C=O) groups excluding carboxylic acids is 4. The monoisotopic (exact) mass is 1410 g/mol. The molecule has 0 rings (SSSR count). The maximum absolute atomic E-state index is 13.1. The molecule has 96 heavy (non-hydrogen) atoms. The van der Waals surface area contributed by atoms with Gasteiger partial charge in [-0.2, -0.15) is 0 Å². The zero-order chi connectivity index (χ0) is 70.7. The van der Waals surface area contributed by atoms with Crippen molar-refractivity contribution in [1.82, 2.24) is 0 Å². The summed E-state index contributed by atoms with van der Waals surface area (Å²) in [6, 6.07) is 0. The Bertz CT molecular complexity index is 1860. The van der Waals surface area contributed by atoms with Gasteiger partial charge in [0.05, 0.1) is 26.4 Å². The zero-order valence-corrected chi connectivity index (χ0v) is 64.5. The third-order valence-corrected chi connectivity index (χ3v) is 20.6. The smallest absolute Gasteiger partial charge is 0.462 e. The molecule has 0 radical (unpaired) electrons. The number of hydrogen-bond donors (Lipinski definition) is 3. The van der Waals surface area contributed by atoms with Crippen molar-refractivity contribution in [2.24, 2.45) is 11.8 Å². The van der Waals surface area contributed by atoms with E-state index in [4.69, 9.17) is 37.0 Å². The summed E-state index contributed by atoms with van der Waals surface area (Å²) < 4.78 is 68.6. The number of hydrogen-bond acceptors (Lipinski definition) is 15. The fourth-order valence-electron chi connectivity index (χ4n) is 11.8. The van der Waals surface area contributed by atoms with Crippen molar-refractivity contribution in [3.8, 4) is 0 Å². The van der Waals surface area contributed by atoms with E-state index in [-0.39, 0.29) is 25.7 Å². The molecule has 0 amide bonds. The van der Waals surface area contributed by atoms with Crippen molar-refractivity contribution >= 4 is 39.5 Å². The number of rotatable bonds is 76. The van der Waals surface area contributed by atoms with E-state index in [1.54, 1.807) is 0 Å². The summed E-state index contributed by atoms with van der Waals surface area (Å²) in [6.07, 6.45) is 56.6. The second-order valence-corrected chi connectivity index (χ2v) is 31.1. The van der Waals surface area contributed by atoms with E-state index in [0.717, 1.165) is 102 Å². The van der Waals surface area contributed by atoms with E-state index >= 15 is 0 Å². The Kier molecular flexibility index (Phi) is 67.4. The van der Waals surface area contributed by atoms with E-state index in [0.29, 0.717) is 25.7 Å². The lowest BCUT2D eigenvalue weighted by Crippen LogP contribution is -2.30. The first-order valence-electron chi connectivity index (χ1n) is 40.1. The van der Waals surface area contributed by atoms with E-state index in [1.807, 2.05) is 0 Å². The van der Waals surface area contributed by atoms with Crippen LogP contribution in [0, 0.1) is 11.8 Å². The third-order valence-electron chi connectivity index (χ3n) is 18.7. The first-order valence-corrected chi connectivity index (χ1v) is 43.1. The van der Waals surface area contributed by atoms with Crippen molar-refractivity contribution < 1.29 is 80.2 Å². The van der Waals surface area contributed by atoms with Gasteiger partial charge in [-0.3, -0.25) is 37.3 Å². The van der Waals surface area contributed by atoms with Crippen LogP contribution >= 0.6 is 15.6 Å². The zero-order valence-electron chi connectivity index (χ0n) is 62.7. The Hall–Kier alpha value is -1.94. The van der Waals surface area contributed by atoms with Crippen molar-refractivity contribution in [3.63, 3.8) is 0 Å². The highest BCUT2D eigenvalue weighted by Crippen LogP contribution is 2.45. The molecule has 0 aliphatic heterocycles. The average Bonchev–Trinajstić information content (AvgIpc) is 1.12. The Balaban J connectivity index is 5.24. The van der Waals surface area contributed by atoms with Gasteiger partial charge in [0, 0.05) is 25.7 Å². The third kappa shape index (κ3) is 67.9. The molecule has 0 bridgehead atoms. The lowest BCUT2D eigenvalue weighted by Gasteiger charge is -2.21. The highest BCUT2D eigenvalue weighted by molar-refractivity contribution is 7.47. The van der Waals surface area contributed by atoms with E-state index in [2.05, 4.69) is 41.5 Å². The minimum absolute atomic E-state index is 0.106. The number of unbranched alkanes of at least 4 members (excludes halogenated alkanes) is 44. The molecule has 0 saturated carbocycles. The van der Waals surface area contributed by atoms with Gasteiger partial charge >= 0.3 is 39.5 Å². The van der Waals surface area contributed by atoms with Crippen LogP contribution in [0.5, 0.6) is 0 Å². The molecule has 0 fully saturated rings. The fourth-order valence-corrected chi connectivity index (χ4v) is 13.3. The number of aliphatic hydroxyl groups is 1. The SMILES string of the molecule is CCCCCCCCCCCCCCCCCC(=O)OC[C@H](COP(=O)(O)OC[C@@H](O)COP(=O)(O)OC[C@@H](COC(=O)CCCCCCCCCCC)OC(=O)CCCCCCCCCCCCC(C)CC)OC(=O)CCCCCCCCCCCCCCCCC(C)CC. The van der Waals surface area contributed by atoms with Crippen molar-refractivity contribution in [2.45, 2.75) is 419 Å². The van der Waals surface area contributed by atoms with Gasteiger partial charge in [0.2, 0.25) is 0 Å². The molecule has 4 unspecified atom stereocenters. The molecule has 7 atom stereocenters. The van der Waals surface area contributed by atoms with Gasteiger partial charge in [-0.25, -0.2) is 9.13 Å².